The Morgan fingerprint density at radius 2 is 1.38 bits per heavy atom. The average molecular weight is 357 g/mol. The Bertz CT molecular complexity index is 510. The summed E-state index contributed by atoms with van der Waals surface area (Å²) in [6.45, 7) is 29.2. The fourth-order valence-electron chi connectivity index (χ4n) is 4.35. The zero-order chi connectivity index (χ0) is 20.8. The molecule has 1 aliphatic carbocycles. The normalized spacial score (nSPS) is 25.3. The Hall–Kier alpha value is -1.56. The Balaban J connectivity index is 0. The standard InChI is InChI=1S/C22H32.2C2H6/c1-8-12-14-20(11-4)22(19(10-3)13-9-2)16-18(5)15-21(6,7)17-22;2*1-2/h8-14,18H,2-4,15-17H2,1,5-7H3;2*1-2H3/b12-8-,19-13+,20-14+;;. The SMILES string of the molecule is C=C/C=C(\C=C)C1(/C(C=C)=C/C=C\C)CC(C)CC(C)(C)C1.CC.CC. The highest BCUT2D eigenvalue weighted by molar-refractivity contribution is 5.44. The molecule has 0 nitrogen and oxygen atoms in total. The number of hydrogen-bond donors (Lipinski definition) is 0. The smallest absolute Gasteiger partial charge is 0.0210 e. The van der Waals surface area contributed by atoms with E-state index in [0.29, 0.717) is 11.3 Å². The number of hydrogen-bond acceptors (Lipinski definition) is 0. The van der Waals surface area contributed by atoms with Crippen LogP contribution in [-0.4, -0.2) is 0 Å². The van der Waals surface area contributed by atoms with Crippen LogP contribution in [0.25, 0.3) is 0 Å². The molecule has 0 aromatic rings. The van der Waals surface area contributed by atoms with Gasteiger partial charge < -0.3 is 0 Å². The van der Waals surface area contributed by atoms with Crippen molar-refractivity contribution in [1.82, 2.24) is 0 Å². The summed E-state index contributed by atoms with van der Waals surface area (Å²) in [4.78, 5) is 0. The van der Waals surface area contributed by atoms with Crippen LogP contribution in [0.5, 0.6) is 0 Å². The number of rotatable bonds is 6. The van der Waals surface area contributed by atoms with E-state index in [1.54, 1.807) is 0 Å². The predicted molar refractivity (Wildman–Crippen MR) is 123 cm³/mol. The molecule has 1 fully saturated rings. The fourth-order valence-corrected chi connectivity index (χ4v) is 4.35. The van der Waals surface area contributed by atoms with E-state index in [4.69, 9.17) is 0 Å². The van der Waals surface area contributed by atoms with E-state index in [1.807, 2.05) is 52.8 Å². The minimum absolute atomic E-state index is 0.0155. The zero-order valence-electron chi connectivity index (χ0n) is 18.9. The van der Waals surface area contributed by atoms with Crippen LogP contribution < -0.4 is 0 Å². The minimum Gasteiger partial charge on any atom is -0.0991 e. The molecule has 0 heterocycles. The molecule has 1 aliphatic rings. The second-order valence-corrected chi connectivity index (χ2v) is 7.35. The van der Waals surface area contributed by atoms with Gasteiger partial charge in [0, 0.05) is 5.41 Å². The summed E-state index contributed by atoms with van der Waals surface area (Å²) in [6, 6.07) is 0. The predicted octanol–water partition coefficient (Wildman–Crippen LogP) is 8.86. The molecule has 0 heteroatoms. The molecule has 0 radical (unpaired) electrons. The molecule has 0 N–H and O–H groups in total. The van der Waals surface area contributed by atoms with Crippen molar-refractivity contribution in [2.45, 2.75) is 74.7 Å². The van der Waals surface area contributed by atoms with Crippen molar-refractivity contribution in [1.29, 1.82) is 0 Å². The van der Waals surface area contributed by atoms with Crippen LogP contribution in [0, 0.1) is 16.7 Å². The van der Waals surface area contributed by atoms with Crippen LogP contribution in [0.1, 0.15) is 74.7 Å². The van der Waals surface area contributed by atoms with Gasteiger partial charge in [0.2, 0.25) is 0 Å². The van der Waals surface area contributed by atoms with Crippen LogP contribution in [0.15, 0.2) is 73.4 Å². The van der Waals surface area contributed by atoms with Crippen molar-refractivity contribution in [3.63, 3.8) is 0 Å². The lowest BCUT2D eigenvalue weighted by Gasteiger charge is -2.49. The third-order valence-electron chi connectivity index (χ3n) is 4.69. The summed E-state index contributed by atoms with van der Waals surface area (Å²) in [5.74, 6) is 0.672. The third kappa shape index (κ3) is 7.36. The first-order valence-corrected chi connectivity index (χ1v) is 10.3. The lowest BCUT2D eigenvalue weighted by atomic mass is 9.54. The maximum Gasteiger partial charge on any atom is 0.0210 e. The van der Waals surface area contributed by atoms with Gasteiger partial charge in [-0.05, 0) is 48.7 Å². The van der Waals surface area contributed by atoms with Gasteiger partial charge in [0.1, 0.15) is 0 Å². The largest absolute Gasteiger partial charge is 0.0991 e. The summed E-state index contributed by atoms with van der Waals surface area (Å²) in [6.07, 6.45) is 17.9. The molecular weight excluding hydrogens is 312 g/mol. The van der Waals surface area contributed by atoms with Gasteiger partial charge in [-0.1, -0.05) is 111 Å². The first-order valence-electron chi connectivity index (χ1n) is 10.3. The maximum absolute atomic E-state index is 4.09. The lowest BCUT2D eigenvalue weighted by Crippen LogP contribution is -2.39. The molecule has 148 valence electrons. The summed E-state index contributed by atoms with van der Waals surface area (Å²) >= 11 is 0. The molecule has 0 amide bonds. The molecule has 0 bridgehead atoms. The maximum atomic E-state index is 4.09. The molecule has 2 atom stereocenters. The topological polar surface area (TPSA) is 0 Å². The quantitative estimate of drug-likeness (QED) is 0.417. The van der Waals surface area contributed by atoms with E-state index in [2.05, 4.69) is 64.8 Å². The first kappa shape index (κ1) is 26.7. The first-order chi connectivity index (χ1) is 12.3. The molecule has 0 aromatic carbocycles. The molecule has 0 aromatic heterocycles. The van der Waals surface area contributed by atoms with Crippen molar-refractivity contribution in [2.24, 2.45) is 16.7 Å². The van der Waals surface area contributed by atoms with Gasteiger partial charge in [0.05, 0.1) is 0 Å². The van der Waals surface area contributed by atoms with Crippen LogP contribution in [0.2, 0.25) is 0 Å². The van der Waals surface area contributed by atoms with E-state index in [1.165, 1.54) is 17.6 Å². The van der Waals surface area contributed by atoms with Crippen molar-refractivity contribution in [2.75, 3.05) is 0 Å². The second-order valence-electron chi connectivity index (χ2n) is 7.35. The highest BCUT2D eigenvalue weighted by Crippen LogP contribution is 2.56. The lowest BCUT2D eigenvalue weighted by molar-refractivity contribution is 0.103. The molecule has 0 spiro atoms. The van der Waals surface area contributed by atoms with Gasteiger partial charge in [-0.2, -0.15) is 0 Å². The molecule has 2 unspecified atom stereocenters. The van der Waals surface area contributed by atoms with Gasteiger partial charge >= 0.3 is 0 Å². The van der Waals surface area contributed by atoms with Crippen LogP contribution >= 0.6 is 0 Å². The van der Waals surface area contributed by atoms with E-state index in [-0.39, 0.29) is 5.41 Å². The molecule has 0 saturated heterocycles. The van der Waals surface area contributed by atoms with Gasteiger partial charge in [-0.15, -0.1) is 0 Å². The van der Waals surface area contributed by atoms with Gasteiger partial charge in [-0.25, -0.2) is 0 Å². The molecule has 1 rings (SSSR count). The van der Waals surface area contributed by atoms with E-state index < -0.39 is 0 Å². The monoisotopic (exact) mass is 356 g/mol. The third-order valence-corrected chi connectivity index (χ3v) is 4.69. The highest BCUT2D eigenvalue weighted by atomic mass is 14.5. The summed E-state index contributed by atoms with van der Waals surface area (Å²) in [5, 5.41) is 0. The molecule has 26 heavy (non-hydrogen) atoms. The highest BCUT2D eigenvalue weighted by Gasteiger charge is 2.45. The van der Waals surface area contributed by atoms with Crippen molar-refractivity contribution in [3.05, 3.63) is 73.4 Å². The van der Waals surface area contributed by atoms with Crippen molar-refractivity contribution < 1.29 is 0 Å². The second kappa shape index (κ2) is 13.6. The Labute approximate surface area is 165 Å². The van der Waals surface area contributed by atoms with E-state index in [9.17, 15) is 0 Å². The van der Waals surface area contributed by atoms with Crippen molar-refractivity contribution in [3.8, 4) is 0 Å². The minimum atomic E-state index is -0.0155. The van der Waals surface area contributed by atoms with Gasteiger partial charge in [0.25, 0.3) is 0 Å². The van der Waals surface area contributed by atoms with Crippen LogP contribution in [0.4, 0.5) is 0 Å². The zero-order valence-corrected chi connectivity index (χ0v) is 18.9. The fraction of sp³-hybridized carbons (Fsp3) is 0.538. The summed E-state index contributed by atoms with van der Waals surface area (Å²) < 4.78 is 0. The van der Waals surface area contributed by atoms with Gasteiger partial charge in [-0.3, -0.25) is 0 Å². The van der Waals surface area contributed by atoms with Crippen LogP contribution in [-0.2, 0) is 0 Å². The Kier molecular flexibility index (Phi) is 14.0. The Morgan fingerprint density at radius 3 is 1.77 bits per heavy atom. The molecule has 0 aliphatic heterocycles. The molecular formula is C26H44. The van der Waals surface area contributed by atoms with Crippen LogP contribution in [0.3, 0.4) is 0 Å². The summed E-state index contributed by atoms with van der Waals surface area (Å²) in [7, 11) is 0. The summed E-state index contributed by atoms with van der Waals surface area (Å²) in [5.41, 5.74) is 2.84. The van der Waals surface area contributed by atoms with Crippen molar-refractivity contribution >= 4 is 0 Å². The Morgan fingerprint density at radius 1 is 0.885 bits per heavy atom. The van der Waals surface area contributed by atoms with E-state index >= 15 is 0 Å². The molecule has 1 saturated carbocycles. The number of allylic oxidation sites excluding steroid dienone is 9. The average Bonchev–Trinajstić information content (AvgIpc) is 2.61. The van der Waals surface area contributed by atoms with E-state index in [0.717, 1.165) is 12.8 Å². The van der Waals surface area contributed by atoms with Gasteiger partial charge in [0.15, 0.2) is 0 Å².